The monoisotopic (exact) mass is 214 g/mol. The number of rotatable bonds is 5. The van der Waals surface area contributed by atoms with E-state index in [4.69, 9.17) is 5.73 Å². The molecule has 0 unspecified atom stereocenters. The van der Waals surface area contributed by atoms with E-state index in [1.807, 2.05) is 0 Å². The average Bonchev–Trinajstić information content (AvgIpc) is 2.35. The van der Waals surface area contributed by atoms with Crippen LogP contribution < -0.4 is 11.1 Å². The molecule has 0 aromatic heterocycles. The number of nitrogens with two attached hydrogens (primary N) is 1. The second-order valence-electron chi connectivity index (χ2n) is 3.93. The minimum atomic E-state index is 0.704. The van der Waals surface area contributed by atoms with Gasteiger partial charge in [-0.15, -0.1) is 0 Å². The van der Waals surface area contributed by atoms with Gasteiger partial charge in [0, 0.05) is 13.1 Å². The zero-order valence-electron chi connectivity index (χ0n) is 9.45. The van der Waals surface area contributed by atoms with E-state index in [-0.39, 0.29) is 0 Å². The minimum absolute atomic E-state index is 0.704. The van der Waals surface area contributed by atoms with E-state index >= 15 is 0 Å². The molecule has 3 N–H and O–H groups in total. The van der Waals surface area contributed by atoms with Gasteiger partial charge >= 0.3 is 0 Å². The summed E-state index contributed by atoms with van der Waals surface area (Å²) in [6.45, 7) is 2.59. The summed E-state index contributed by atoms with van der Waals surface area (Å²) >= 11 is 0. The van der Waals surface area contributed by atoms with Crippen LogP contribution >= 0.6 is 0 Å². The molecule has 0 amide bonds. The Bertz CT molecular complexity index is 446. The lowest BCUT2D eigenvalue weighted by Crippen LogP contribution is -2.24. The Hall–Kier alpha value is -1.38. The van der Waals surface area contributed by atoms with E-state index in [0.717, 1.165) is 19.5 Å². The van der Waals surface area contributed by atoms with Crippen molar-refractivity contribution in [2.24, 2.45) is 5.73 Å². The van der Waals surface area contributed by atoms with Crippen LogP contribution in [0.5, 0.6) is 0 Å². The van der Waals surface area contributed by atoms with Gasteiger partial charge in [-0.05, 0) is 29.3 Å². The Morgan fingerprint density at radius 2 is 1.75 bits per heavy atom. The first-order valence-electron chi connectivity index (χ1n) is 5.79. The second kappa shape index (κ2) is 5.64. The summed E-state index contributed by atoms with van der Waals surface area (Å²) in [6.07, 6.45) is 1.06. The van der Waals surface area contributed by atoms with E-state index in [9.17, 15) is 0 Å². The summed E-state index contributed by atoms with van der Waals surface area (Å²) < 4.78 is 0. The third-order valence-electron chi connectivity index (χ3n) is 2.77. The Labute approximate surface area is 96.5 Å². The summed E-state index contributed by atoms with van der Waals surface area (Å²) in [4.78, 5) is 0. The summed E-state index contributed by atoms with van der Waals surface area (Å²) in [6, 6.07) is 15.0. The Morgan fingerprint density at radius 1 is 0.938 bits per heavy atom. The molecule has 0 fully saturated rings. The molecule has 0 aliphatic rings. The number of hydrogen-bond donors (Lipinski definition) is 2. The van der Waals surface area contributed by atoms with Gasteiger partial charge in [0.25, 0.3) is 0 Å². The van der Waals surface area contributed by atoms with Crippen LogP contribution in [0.15, 0.2) is 42.5 Å². The summed E-state index contributed by atoms with van der Waals surface area (Å²) in [5.41, 5.74) is 6.84. The maximum Gasteiger partial charge on any atom is 0.00746 e. The molecular formula is C14H18N2. The molecule has 2 rings (SSSR count). The van der Waals surface area contributed by atoms with Crippen molar-refractivity contribution in [1.29, 1.82) is 0 Å². The third kappa shape index (κ3) is 2.60. The normalized spacial score (nSPS) is 10.8. The van der Waals surface area contributed by atoms with Crippen LogP contribution in [0.3, 0.4) is 0 Å². The molecule has 2 aromatic carbocycles. The number of fused-ring (bicyclic) bond motifs is 1. The van der Waals surface area contributed by atoms with Gasteiger partial charge in [0.15, 0.2) is 0 Å². The van der Waals surface area contributed by atoms with Crippen molar-refractivity contribution >= 4 is 10.8 Å². The summed E-state index contributed by atoms with van der Waals surface area (Å²) in [7, 11) is 0. The molecule has 0 radical (unpaired) electrons. The molecule has 2 aromatic rings. The zero-order valence-corrected chi connectivity index (χ0v) is 9.45. The van der Waals surface area contributed by atoms with E-state index < -0.39 is 0 Å². The van der Waals surface area contributed by atoms with Gasteiger partial charge in [0.1, 0.15) is 0 Å². The molecule has 0 saturated carbocycles. The Kier molecular flexibility index (Phi) is 3.91. The van der Waals surface area contributed by atoms with Crippen molar-refractivity contribution in [2.45, 2.75) is 6.42 Å². The van der Waals surface area contributed by atoms with E-state index in [0.29, 0.717) is 6.54 Å². The van der Waals surface area contributed by atoms with Crippen molar-refractivity contribution in [2.75, 3.05) is 19.6 Å². The predicted octanol–water partition coefficient (Wildman–Crippen LogP) is 1.93. The fraction of sp³-hybridized carbons (Fsp3) is 0.286. The highest BCUT2D eigenvalue weighted by atomic mass is 14.9. The molecule has 0 saturated heterocycles. The smallest absolute Gasteiger partial charge is 0.00746 e. The highest BCUT2D eigenvalue weighted by Crippen LogP contribution is 2.18. The largest absolute Gasteiger partial charge is 0.329 e. The lowest BCUT2D eigenvalue weighted by atomic mass is 10.0. The zero-order chi connectivity index (χ0) is 11.2. The van der Waals surface area contributed by atoms with Crippen molar-refractivity contribution in [3.63, 3.8) is 0 Å². The third-order valence-corrected chi connectivity index (χ3v) is 2.77. The molecule has 2 nitrogen and oxygen atoms in total. The maximum atomic E-state index is 5.44. The first kappa shape index (κ1) is 11.1. The van der Waals surface area contributed by atoms with E-state index in [1.54, 1.807) is 0 Å². The minimum Gasteiger partial charge on any atom is -0.329 e. The standard InChI is InChI=1S/C14H18N2/c15-9-11-16-10-8-13-6-3-5-12-4-1-2-7-14(12)13/h1-7,16H,8-11,15H2. The van der Waals surface area contributed by atoms with Gasteiger partial charge in [-0.3, -0.25) is 0 Å². The number of nitrogens with one attached hydrogen (secondary N) is 1. The lowest BCUT2D eigenvalue weighted by Gasteiger charge is -2.07. The highest BCUT2D eigenvalue weighted by Gasteiger charge is 1.99. The van der Waals surface area contributed by atoms with Gasteiger partial charge in [0.2, 0.25) is 0 Å². The molecule has 0 heterocycles. The SMILES string of the molecule is NCCNCCc1cccc2ccccc12. The van der Waals surface area contributed by atoms with Crippen LogP contribution in [0.2, 0.25) is 0 Å². The van der Waals surface area contributed by atoms with E-state index in [1.165, 1.54) is 16.3 Å². The molecular weight excluding hydrogens is 196 g/mol. The van der Waals surface area contributed by atoms with Crippen molar-refractivity contribution in [1.82, 2.24) is 5.32 Å². The molecule has 16 heavy (non-hydrogen) atoms. The van der Waals surface area contributed by atoms with Gasteiger partial charge < -0.3 is 11.1 Å². The van der Waals surface area contributed by atoms with Crippen molar-refractivity contribution < 1.29 is 0 Å². The molecule has 0 spiro atoms. The molecule has 2 heteroatoms. The maximum absolute atomic E-state index is 5.44. The van der Waals surface area contributed by atoms with Crippen molar-refractivity contribution in [3.05, 3.63) is 48.0 Å². The van der Waals surface area contributed by atoms with Crippen LogP contribution in [0, 0.1) is 0 Å². The molecule has 0 aliphatic heterocycles. The first-order valence-corrected chi connectivity index (χ1v) is 5.79. The lowest BCUT2D eigenvalue weighted by molar-refractivity contribution is 0.690. The van der Waals surface area contributed by atoms with Crippen LogP contribution in [0.25, 0.3) is 10.8 Å². The number of benzene rings is 2. The predicted molar refractivity (Wildman–Crippen MR) is 69.6 cm³/mol. The van der Waals surface area contributed by atoms with Crippen LogP contribution in [0.1, 0.15) is 5.56 Å². The first-order chi connectivity index (χ1) is 7.92. The fourth-order valence-corrected chi connectivity index (χ4v) is 1.96. The molecule has 0 aliphatic carbocycles. The molecule has 84 valence electrons. The summed E-state index contributed by atoms with van der Waals surface area (Å²) in [5, 5.41) is 6.00. The quantitative estimate of drug-likeness (QED) is 0.746. The average molecular weight is 214 g/mol. The topological polar surface area (TPSA) is 38.0 Å². The Morgan fingerprint density at radius 3 is 2.62 bits per heavy atom. The fourth-order valence-electron chi connectivity index (χ4n) is 1.96. The molecule has 0 atom stereocenters. The van der Waals surface area contributed by atoms with Crippen LogP contribution in [-0.2, 0) is 6.42 Å². The highest BCUT2D eigenvalue weighted by molar-refractivity contribution is 5.85. The van der Waals surface area contributed by atoms with Gasteiger partial charge in [-0.25, -0.2) is 0 Å². The van der Waals surface area contributed by atoms with Gasteiger partial charge in [0.05, 0.1) is 0 Å². The van der Waals surface area contributed by atoms with Crippen molar-refractivity contribution in [3.8, 4) is 0 Å². The summed E-state index contributed by atoms with van der Waals surface area (Å²) in [5.74, 6) is 0. The number of hydrogen-bond acceptors (Lipinski definition) is 2. The Balaban J connectivity index is 2.11. The van der Waals surface area contributed by atoms with Gasteiger partial charge in [-0.2, -0.15) is 0 Å². The van der Waals surface area contributed by atoms with Crippen LogP contribution in [0.4, 0.5) is 0 Å². The second-order valence-corrected chi connectivity index (χ2v) is 3.93. The molecule has 0 bridgehead atoms. The van der Waals surface area contributed by atoms with Crippen LogP contribution in [-0.4, -0.2) is 19.6 Å². The van der Waals surface area contributed by atoms with Gasteiger partial charge in [-0.1, -0.05) is 42.5 Å². The van der Waals surface area contributed by atoms with E-state index in [2.05, 4.69) is 47.8 Å².